The summed E-state index contributed by atoms with van der Waals surface area (Å²) in [6.07, 6.45) is -0.355. The molecule has 13 heteroatoms. The third-order valence-electron chi connectivity index (χ3n) is 5.54. The number of nitrogens with two attached hydrogens (primary N) is 1. The SMILES string of the molecule is CC(C)OC(=O)c1cccc(N2C(=O)C(Cl)=C(Nc3cccc(C(=O)Nc4ccc(S(N)(=O)=O)cc4)c3)C2=O)c1. The number of primary sulfonamides is 1. The summed E-state index contributed by atoms with van der Waals surface area (Å²) in [5.41, 5.74) is 0.892. The van der Waals surface area contributed by atoms with E-state index in [2.05, 4.69) is 10.6 Å². The van der Waals surface area contributed by atoms with Gasteiger partial charge in [0, 0.05) is 16.9 Å². The molecule has 0 aromatic heterocycles. The number of esters is 1. The van der Waals surface area contributed by atoms with Crippen LogP contribution in [0.1, 0.15) is 34.6 Å². The van der Waals surface area contributed by atoms with Crippen molar-refractivity contribution in [2.24, 2.45) is 5.14 Å². The topological polar surface area (TPSA) is 165 Å². The Morgan fingerprint density at radius 3 is 2.20 bits per heavy atom. The molecule has 206 valence electrons. The van der Waals surface area contributed by atoms with Crippen molar-refractivity contribution >= 4 is 62.4 Å². The number of imide groups is 1. The number of hydrogen-bond acceptors (Lipinski definition) is 8. The van der Waals surface area contributed by atoms with E-state index in [0.29, 0.717) is 11.4 Å². The number of sulfonamides is 1. The van der Waals surface area contributed by atoms with Gasteiger partial charge in [0.1, 0.15) is 10.7 Å². The van der Waals surface area contributed by atoms with Crippen LogP contribution >= 0.6 is 11.6 Å². The number of amides is 3. The second-order valence-corrected chi connectivity index (χ2v) is 10.8. The predicted octanol–water partition coefficient (Wildman–Crippen LogP) is 3.59. The summed E-state index contributed by atoms with van der Waals surface area (Å²) in [5, 5.41) is 10.1. The highest BCUT2D eigenvalue weighted by atomic mass is 35.5. The van der Waals surface area contributed by atoms with E-state index in [1.165, 1.54) is 60.7 Å². The Morgan fingerprint density at radius 2 is 1.55 bits per heavy atom. The monoisotopic (exact) mass is 582 g/mol. The van der Waals surface area contributed by atoms with Crippen molar-refractivity contribution in [1.29, 1.82) is 0 Å². The van der Waals surface area contributed by atoms with Crippen LogP contribution in [0.25, 0.3) is 0 Å². The van der Waals surface area contributed by atoms with Crippen LogP contribution < -0.4 is 20.7 Å². The molecule has 4 rings (SSSR count). The summed E-state index contributed by atoms with van der Waals surface area (Å²) >= 11 is 6.23. The fourth-order valence-corrected chi connectivity index (χ4v) is 4.44. The molecule has 0 saturated heterocycles. The van der Waals surface area contributed by atoms with Gasteiger partial charge in [-0.15, -0.1) is 0 Å². The van der Waals surface area contributed by atoms with Crippen LogP contribution in [-0.4, -0.2) is 38.2 Å². The molecule has 0 fully saturated rings. The van der Waals surface area contributed by atoms with Gasteiger partial charge in [-0.1, -0.05) is 23.7 Å². The molecule has 0 spiro atoms. The lowest BCUT2D eigenvalue weighted by molar-refractivity contribution is -0.120. The molecule has 0 saturated carbocycles. The number of nitrogens with one attached hydrogen (secondary N) is 2. The number of rotatable bonds is 8. The van der Waals surface area contributed by atoms with Crippen LogP contribution in [0.5, 0.6) is 0 Å². The van der Waals surface area contributed by atoms with E-state index in [1.54, 1.807) is 26.0 Å². The number of halogens is 1. The maximum atomic E-state index is 13.2. The van der Waals surface area contributed by atoms with Gasteiger partial charge in [-0.25, -0.2) is 23.3 Å². The van der Waals surface area contributed by atoms with Crippen LogP contribution in [0, 0.1) is 0 Å². The first-order chi connectivity index (χ1) is 18.8. The molecule has 3 aromatic carbocycles. The lowest BCUT2D eigenvalue weighted by atomic mass is 10.1. The van der Waals surface area contributed by atoms with E-state index in [0.717, 1.165) is 4.90 Å². The van der Waals surface area contributed by atoms with Gasteiger partial charge in [-0.3, -0.25) is 14.4 Å². The quantitative estimate of drug-likeness (QED) is 0.268. The van der Waals surface area contributed by atoms with E-state index in [-0.39, 0.29) is 38.5 Å². The van der Waals surface area contributed by atoms with Crippen molar-refractivity contribution in [3.8, 4) is 0 Å². The third-order valence-corrected chi connectivity index (χ3v) is 6.82. The molecule has 3 aromatic rings. The summed E-state index contributed by atoms with van der Waals surface area (Å²) in [6.45, 7) is 3.40. The maximum absolute atomic E-state index is 13.2. The summed E-state index contributed by atoms with van der Waals surface area (Å²) < 4.78 is 28.0. The number of anilines is 3. The van der Waals surface area contributed by atoms with Crippen LogP contribution in [-0.2, 0) is 24.3 Å². The van der Waals surface area contributed by atoms with Crippen LogP contribution in [0.15, 0.2) is 88.4 Å². The Labute approximate surface area is 234 Å². The predicted molar refractivity (Wildman–Crippen MR) is 148 cm³/mol. The molecule has 0 aliphatic carbocycles. The minimum Gasteiger partial charge on any atom is -0.459 e. The van der Waals surface area contributed by atoms with E-state index in [4.69, 9.17) is 21.5 Å². The molecule has 3 amide bonds. The number of benzene rings is 3. The molecule has 0 unspecified atom stereocenters. The molecule has 11 nitrogen and oxygen atoms in total. The second-order valence-electron chi connectivity index (χ2n) is 8.87. The second kappa shape index (κ2) is 11.3. The van der Waals surface area contributed by atoms with E-state index < -0.39 is 33.7 Å². The minimum absolute atomic E-state index is 0.103. The van der Waals surface area contributed by atoms with Gasteiger partial charge in [0.2, 0.25) is 10.0 Å². The van der Waals surface area contributed by atoms with Crippen molar-refractivity contribution in [2.45, 2.75) is 24.8 Å². The Bertz CT molecular complexity index is 1670. The fraction of sp³-hybridized carbons (Fsp3) is 0.111. The van der Waals surface area contributed by atoms with Gasteiger partial charge in [-0.2, -0.15) is 0 Å². The Kier molecular flexibility index (Phi) is 8.05. The third kappa shape index (κ3) is 6.20. The Morgan fingerprint density at radius 1 is 0.900 bits per heavy atom. The molecule has 1 heterocycles. The van der Waals surface area contributed by atoms with Gasteiger partial charge < -0.3 is 15.4 Å². The van der Waals surface area contributed by atoms with Gasteiger partial charge in [0.15, 0.2) is 0 Å². The number of ether oxygens (including phenoxy) is 1. The summed E-state index contributed by atoms with van der Waals surface area (Å²) in [7, 11) is -3.87. The zero-order valence-electron chi connectivity index (χ0n) is 21.2. The molecule has 0 radical (unpaired) electrons. The van der Waals surface area contributed by atoms with Crippen molar-refractivity contribution in [3.63, 3.8) is 0 Å². The van der Waals surface area contributed by atoms with Crippen molar-refractivity contribution in [3.05, 3.63) is 94.7 Å². The van der Waals surface area contributed by atoms with E-state index >= 15 is 0 Å². The number of carbonyl (C=O) groups is 4. The Balaban J connectivity index is 1.51. The van der Waals surface area contributed by atoms with E-state index in [1.807, 2.05) is 0 Å². The first kappa shape index (κ1) is 28.5. The minimum atomic E-state index is -3.87. The zero-order valence-corrected chi connectivity index (χ0v) is 22.7. The molecule has 0 atom stereocenters. The average molecular weight is 583 g/mol. The molecule has 40 heavy (non-hydrogen) atoms. The normalized spacial score (nSPS) is 13.6. The summed E-state index contributed by atoms with van der Waals surface area (Å²) in [5.74, 6) is -2.68. The summed E-state index contributed by atoms with van der Waals surface area (Å²) in [4.78, 5) is 51.9. The molecule has 0 bridgehead atoms. The number of nitrogens with zero attached hydrogens (tertiary/aromatic N) is 1. The zero-order chi connectivity index (χ0) is 29.2. The largest absolute Gasteiger partial charge is 0.459 e. The lowest BCUT2D eigenvalue weighted by Gasteiger charge is -2.16. The smallest absolute Gasteiger partial charge is 0.338 e. The van der Waals surface area contributed by atoms with Crippen LogP contribution in [0.4, 0.5) is 17.1 Å². The van der Waals surface area contributed by atoms with Gasteiger partial charge in [0.05, 0.1) is 22.3 Å². The van der Waals surface area contributed by atoms with Crippen LogP contribution in [0.3, 0.4) is 0 Å². The molecular formula is C27H23ClN4O7S. The van der Waals surface area contributed by atoms with Gasteiger partial charge >= 0.3 is 5.97 Å². The highest BCUT2D eigenvalue weighted by molar-refractivity contribution is 7.89. The molecule has 1 aliphatic rings. The molecule has 4 N–H and O–H groups in total. The fourth-order valence-electron chi connectivity index (χ4n) is 3.71. The standard InChI is InChI=1S/C27H23ClN4O7S/c1-15(2)39-27(36)17-6-4-8-20(14-17)32-25(34)22(28)23(26(32)35)30-19-7-3-5-16(13-19)24(33)31-18-9-11-21(12-10-18)40(29,37)38/h3-15,30H,1-2H3,(H,31,33)(H2,29,37,38). The van der Waals surface area contributed by atoms with Crippen molar-refractivity contribution < 1.29 is 32.3 Å². The molecular weight excluding hydrogens is 560 g/mol. The maximum Gasteiger partial charge on any atom is 0.338 e. The van der Waals surface area contributed by atoms with Crippen LogP contribution in [0.2, 0.25) is 0 Å². The highest BCUT2D eigenvalue weighted by Crippen LogP contribution is 2.31. The summed E-state index contributed by atoms with van der Waals surface area (Å²) in [6, 6.07) is 17.2. The van der Waals surface area contributed by atoms with Crippen molar-refractivity contribution in [1.82, 2.24) is 0 Å². The number of carbonyl (C=O) groups excluding carboxylic acids is 4. The average Bonchev–Trinajstić information content (AvgIpc) is 3.11. The first-order valence-corrected chi connectivity index (χ1v) is 13.7. The first-order valence-electron chi connectivity index (χ1n) is 11.8. The molecule has 1 aliphatic heterocycles. The lowest BCUT2D eigenvalue weighted by Crippen LogP contribution is -2.32. The number of hydrogen-bond donors (Lipinski definition) is 3. The van der Waals surface area contributed by atoms with E-state index in [9.17, 15) is 27.6 Å². The Hall–Kier alpha value is -4.52. The van der Waals surface area contributed by atoms with Crippen molar-refractivity contribution in [2.75, 3.05) is 15.5 Å². The van der Waals surface area contributed by atoms with Gasteiger partial charge in [0.25, 0.3) is 17.7 Å². The van der Waals surface area contributed by atoms with Gasteiger partial charge in [-0.05, 0) is 74.5 Å². The highest BCUT2D eigenvalue weighted by Gasteiger charge is 2.39.